The second-order valence-corrected chi connectivity index (χ2v) is 11.0. The molecule has 0 saturated carbocycles. The highest BCUT2D eigenvalue weighted by Gasteiger charge is 2.28. The molecule has 0 spiro atoms. The van der Waals surface area contributed by atoms with Crippen molar-refractivity contribution in [3.8, 4) is 0 Å². The van der Waals surface area contributed by atoms with Gasteiger partial charge in [0.1, 0.15) is 4.21 Å². The summed E-state index contributed by atoms with van der Waals surface area (Å²) in [5, 5.41) is 1.68. The van der Waals surface area contributed by atoms with E-state index in [-0.39, 0.29) is 9.10 Å². The van der Waals surface area contributed by atoms with Crippen LogP contribution >= 0.6 is 11.3 Å². The van der Waals surface area contributed by atoms with E-state index in [1.54, 1.807) is 11.4 Å². The number of nitrogens with one attached hydrogen (secondary N) is 1. The lowest BCUT2D eigenvalue weighted by Crippen LogP contribution is -2.39. The van der Waals surface area contributed by atoms with Crippen molar-refractivity contribution in [2.45, 2.75) is 28.9 Å². The summed E-state index contributed by atoms with van der Waals surface area (Å²) in [4.78, 5) is 0.181. The van der Waals surface area contributed by atoms with Crippen LogP contribution in [0.25, 0.3) is 0 Å². The lowest BCUT2D eigenvalue weighted by molar-refractivity contribution is 0.281. The third-order valence-electron chi connectivity index (χ3n) is 4.12. The molecule has 0 bridgehead atoms. The largest absolute Gasteiger partial charge is 0.279 e. The standard InChI is InChI=1S/C16H20N2O4S3/c1-13-4-2-10-18(12-13)25(21,22)15-8-6-14(7-9-15)17-24(19,20)16-5-3-11-23-16/h3,5-9,11,13,17H,2,4,10,12H2,1H3. The lowest BCUT2D eigenvalue weighted by atomic mass is 10.0. The van der Waals surface area contributed by atoms with Gasteiger partial charge >= 0.3 is 0 Å². The summed E-state index contributed by atoms with van der Waals surface area (Å²) in [7, 11) is -7.18. The van der Waals surface area contributed by atoms with Crippen LogP contribution < -0.4 is 4.72 Å². The zero-order valence-corrected chi connectivity index (χ0v) is 16.2. The Kier molecular flexibility index (Phi) is 5.19. The van der Waals surface area contributed by atoms with Gasteiger partial charge in [-0.15, -0.1) is 11.3 Å². The molecule has 1 unspecified atom stereocenters. The van der Waals surface area contributed by atoms with E-state index in [0.717, 1.165) is 24.2 Å². The first kappa shape index (κ1) is 18.4. The Labute approximate surface area is 152 Å². The van der Waals surface area contributed by atoms with Crippen LogP contribution in [-0.4, -0.2) is 34.2 Å². The predicted molar refractivity (Wildman–Crippen MR) is 98.7 cm³/mol. The summed E-state index contributed by atoms with van der Waals surface area (Å²) < 4.78 is 54.0. The van der Waals surface area contributed by atoms with Crippen LogP contribution in [0.15, 0.2) is 50.9 Å². The van der Waals surface area contributed by atoms with E-state index in [9.17, 15) is 16.8 Å². The van der Waals surface area contributed by atoms with Crippen LogP contribution in [0.1, 0.15) is 19.8 Å². The Hall–Kier alpha value is -1.42. The monoisotopic (exact) mass is 400 g/mol. The average molecular weight is 401 g/mol. The van der Waals surface area contributed by atoms with Gasteiger partial charge in [0.2, 0.25) is 10.0 Å². The Bertz CT molecular complexity index is 920. The molecule has 1 aromatic heterocycles. The second-order valence-electron chi connectivity index (χ2n) is 6.17. The van der Waals surface area contributed by atoms with Crippen molar-refractivity contribution in [2.75, 3.05) is 17.8 Å². The van der Waals surface area contributed by atoms with Gasteiger partial charge in [-0.2, -0.15) is 4.31 Å². The fourth-order valence-corrected chi connectivity index (χ4v) is 6.48. The minimum atomic E-state index is -3.64. The quantitative estimate of drug-likeness (QED) is 0.836. The zero-order valence-electron chi connectivity index (χ0n) is 13.8. The van der Waals surface area contributed by atoms with Crippen LogP contribution in [0.3, 0.4) is 0 Å². The highest BCUT2D eigenvalue weighted by molar-refractivity contribution is 7.94. The molecule has 1 atom stereocenters. The Morgan fingerprint density at radius 3 is 2.44 bits per heavy atom. The number of nitrogens with zero attached hydrogens (tertiary/aromatic N) is 1. The smallest absolute Gasteiger partial charge is 0.271 e. The third kappa shape index (κ3) is 4.05. The fourth-order valence-electron chi connectivity index (χ4n) is 2.83. The molecule has 25 heavy (non-hydrogen) atoms. The van der Waals surface area contributed by atoms with Gasteiger partial charge in [0.05, 0.1) is 4.90 Å². The second kappa shape index (κ2) is 7.06. The zero-order chi connectivity index (χ0) is 18.1. The number of hydrogen-bond acceptors (Lipinski definition) is 5. The summed E-state index contributed by atoms with van der Waals surface area (Å²) in [6, 6.07) is 9.02. The molecule has 9 heteroatoms. The van der Waals surface area contributed by atoms with Crippen molar-refractivity contribution in [3.05, 3.63) is 41.8 Å². The average Bonchev–Trinajstić information content (AvgIpc) is 3.10. The van der Waals surface area contributed by atoms with Crippen LogP contribution in [0, 0.1) is 5.92 Å². The van der Waals surface area contributed by atoms with Gasteiger partial charge in [0.15, 0.2) is 0 Å². The van der Waals surface area contributed by atoms with E-state index in [2.05, 4.69) is 4.72 Å². The minimum Gasteiger partial charge on any atom is -0.279 e. The number of anilines is 1. The Balaban J connectivity index is 1.78. The van der Waals surface area contributed by atoms with E-state index in [1.807, 2.05) is 6.92 Å². The van der Waals surface area contributed by atoms with Gasteiger partial charge in [-0.3, -0.25) is 4.72 Å². The first-order valence-electron chi connectivity index (χ1n) is 7.95. The number of thiophene rings is 1. The molecular formula is C16H20N2O4S3. The van der Waals surface area contributed by atoms with Crippen LogP contribution in [0.4, 0.5) is 5.69 Å². The molecule has 1 aromatic carbocycles. The molecule has 6 nitrogen and oxygen atoms in total. The highest BCUT2D eigenvalue weighted by Crippen LogP contribution is 2.25. The fraction of sp³-hybridized carbons (Fsp3) is 0.375. The summed E-state index contributed by atoms with van der Waals surface area (Å²) in [5.41, 5.74) is 0.333. The number of rotatable bonds is 5. The molecular weight excluding hydrogens is 380 g/mol. The molecule has 1 fully saturated rings. The summed E-state index contributed by atoms with van der Waals surface area (Å²) in [5.74, 6) is 0.348. The van der Waals surface area contributed by atoms with Crippen molar-refractivity contribution in [1.82, 2.24) is 4.31 Å². The van der Waals surface area contributed by atoms with Crippen LogP contribution in [-0.2, 0) is 20.0 Å². The van der Waals surface area contributed by atoms with Gasteiger partial charge in [0.25, 0.3) is 10.0 Å². The summed E-state index contributed by atoms with van der Waals surface area (Å²) in [6.07, 6.45) is 1.90. The normalized spacial score (nSPS) is 19.6. The molecule has 136 valence electrons. The van der Waals surface area contributed by atoms with E-state index in [4.69, 9.17) is 0 Å². The van der Waals surface area contributed by atoms with Crippen LogP contribution in [0.5, 0.6) is 0 Å². The minimum absolute atomic E-state index is 0.181. The van der Waals surface area contributed by atoms with Gasteiger partial charge < -0.3 is 0 Å². The molecule has 3 rings (SSSR count). The lowest BCUT2D eigenvalue weighted by Gasteiger charge is -2.30. The van der Waals surface area contributed by atoms with Gasteiger partial charge in [-0.05, 0) is 54.5 Å². The van der Waals surface area contributed by atoms with Gasteiger partial charge in [0, 0.05) is 18.8 Å². The maximum Gasteiger partial charge on any atom is 0.271 e. The summed E-state index contributed by atoms with van der Waals surface area (Å²) in [6.45, 7) is 3.10. The first-order chi connectivity index (χ1) is 11.8. The molecule has 1 saturated heterocycles. The maximum absolute atomic E-state index is 12.7. The number of hydrogen-bond donors (Lipinski definition) is 1. The predicted octanol–water partition coefficient (Wildman–Crippen LogP) is 2.97. The number of piperidine rings is 1. The van der Waals surface area contributed by atoms with Gasteiger partial charge in [-0.25, -0.2) is 16.8 Å². The SMILES string of the molecule is CC1CCCN(S(=O)(=O)c2ccc(NS(=O)(=O)c3cccs3)cc2)C1. The van der Waals surface area contributed by atoms with E-state index >= 15 is 0 Å². The molecule has 2 aromatic rings. The van der Waals surface area contributed by atoms with Gasteiger partial charge in [-0.1, -0.05) is 13.0 Å². The van der Waals surface area contributed by atoms with Crippen molar-refractivity contribution in [2.24, 2.45) is 5.92 Å². The van der Waals surface area contributed by atoms with E-state index in [0.29, 0.717) is 24.7 Å². The van der Waals surface area contributed by atoms with E-state index < -0.39 is 20.0 Å². The Morgan fingerprint density at radius 2 is 1.84 bits per heavy atom. The summed E-state index contributed by atoms with van der Waals surface area (Å²) >= 11 is 1.12. The van der Waals surface area contributed by atoms with E-state index in [1.165, 1.54) is 34.6 Å². The maximum atomic E-state index is 12.7. The molecule has 0 radical (unpaired) electrons. The molecule has 1 aliphatic heterocycles. The van der Waals surface area contributed by atoms with Crippen molar-refractivity contribution in [3.63, 3.8) is 0 Å². The molecule has 0 aliphatic carbocycles. The van der Waals surface area contributed by atoms with Crippen LogP contribution in [0.2, 0.25) is 0 Å². The highest BCUT2D eigenvalue weighted by atomic mass is 32.2. The van der Waals surface area contributed by atoms with Crippen molar-refractivity contribution >= 4 is 37.1 Å². The molecule has 1 N–H and O–H groups in total. The molecule has 0 amide bonds. The first-order valence-corrected chi connectivity index (χ1v) is 11.8. The molecule has 2 heterocycles. The number of sulfonamides is 2. The number of benzene rings is 1. The van der Waals surface area contributed by atoms with Crippen molar-refractivity contribution in [1.29, 1.82) is 0 Å². The topological polar surface area (TPSA) is 83.6 Å². The third-order valence-corrected chi connectivity index (χ3v) is 8.78. The van der Waals surface area contributed by atoms with Crippen molar-refractivity contribution < 1.29 is 16.8 Å². The molecule has 1 aliphatic rings. The Morgan fingerprint density at radius 1 is 1.12 bits per heavy atom.